The van der Waals surface area contributed by atoms with E-state index in [0.717, 1.165) is 49.3 Å². The zero-order chi connectivity index (χ0) is 18.8. The number of methoxy groups -OCH3 is 1. The lowest BCUT2D eigenvalue weighted by Crippen LogP contribution is -2.61. The van der Waals surface area contributed by atoms with Crippen molar-refractivity contribution in [1.29, 1.82) is 0 Å². The third-order valence-electron chi connectivity index (χ3n) is 7.23. The number of aliphatic hydroxyl groups excluding tert-OH is 1. The number of hydrogen-bond donors (Lipinski definition) is 1. The van der Waals surface area contributed by atoms with E-state index in [1.54, 1.807) is 0 Å². The zero-order valence-corrected chi connectivity index (χ0v) is 16.2. The van der Waals surface area contributed by atoms with E-state index in [2.05, 4.69) is 11.0 Å². The van der Waals surface area contributed by atoms with Crippen molar-refractivity contribution in [3.8, 4) is 0 Å². The fourth-order valence-corrected chi connectivity index (χ4v) is 6.33. The Morgan fingerprint density at radius 2 is 2.19 bits per heavy atom. The van der Waals surface area contributed by atoms with Gasteiger partial charge in [0.05, 0.1) is 36.6 Å². The van der Waals surface area contributed by atoms with Crippen molar-refractivity contribution in [2.45, 2.75) is 42.7 Å². The topological polar surface area (TPSA) is 62.1 Å². The van der Waals surface area contributed by atoms with E-state index in [-0.39, 0.29) is 17.9 Å². The maximum absolute atomic E-state index is 12.4. The number of benzene rings is 1. The summed E-state index contributed by atoms with van der Waals surface area (Å²) in [5.41, 5.74) is 3.11. The second kappa shape index (κ2) is 6.29. The fraction of sp³-hybridized carbons (Fsp3) is 0.619. The maximum Gasteiger partial charge on any atom is 0.311 e. The molecule has 144 valence electrons. The number of ether oxygens (including phenoxy) is 1. The van der Waals surface area contributed by atoms with Crippen LogP contribution in [0.25, 0.3) is 0 Å². The van der Waals surface area contributed by atoms with Crippen LogP contribution >= 0.6 is 11.6 Å². The van der Waals surface area contributed by atoms with Gasteiger partial charge in [-0.1, -0.05) is 18.2 Å². The summed E-state index contributed by atoms with van der Waals surface area (Å²) >= 11 is 7.15. The number of aliphatic hydroxyl groups is 1. The number of halogens is 1. The Morgan fingerprint density at radius 1 is 1.37 bits per heavy atom. The third kappa shape index (κ3) is 2.51. The molecule has 1 saturated carbocycles. The number of aliphatic imine (C=N–C) groups is 1. The Bertz CT molecular complexity index is 812. The third-order valence-corrected chi connectivity index (χ3v) is 7.82. The van der Waals surface area contributed by atoms with Gasteiger partial charge < -0.3 is 9.84 Å². The van der Waals surface area contributed by atoms with E-state index in [9.17, 15) is 9.90 Å². The predicted molar refractivity (Wildman–Crippen MR) is 103 cm³/mol. The van der Waals surface area contributed by atoms with Crippen LogP contribution in [0.1, 0.15) is 31.2 Å². The van der Waals surface area contributed by atoms with Gasteiger partial charge in [0, 0.05) is 18.7 Å². The van der Waals surface area contributed by atoms with Gasteiger partial charge in [0.25, 0.3) is 0 Å². The number of esters is 1. The average Bonchev–Trinajstić information content (AvgIpc) is 2.99. The molecule has 0 radical (unpaired) electrons. The lowest BCUT2D eigenvalue weighted by molar-refractivity contribution is -0.159. The number of piperidine rings is 2. The molecule has 0 amide bonds. The molecule has 1 aliphatic carbocycles. The molecule has 3 fully saturated rings. The van der Waals surface area contributed by atoms with Crippen LogP contribution in [-0.4, -0.2) is 54.0 Å². The van der Waals surface area contributed by atoms with E-state index < -0.39 is 16.9 Å². The lowest BCUT2D eigenvalue weighted by atomic mass is 9.64. The highest BCUT2D eigenvalue weighted by Gasteiger charge is 2.55. The van der Waals surface area contributed by atoms with Crippen LogP contribution in [-0.2, 0) is 14.4 Å². The summed E-state index contributed by atoms with van der Waals surface area (Å²) in [7, 11) is 1.41. The minimum atomic E-state index is -0.614. The van der Waals surface area contributed by atoms with Crippen LogP contribution in [0.5, 0.6) is 0 Å². The molecular formula is C21H25ClN2O3. The highest BCUT2D eigenvalue weighted by molar-refractivity contribution is 6.39. The highest BCUT2D eigenvalue weighted by Crippen LogP contribution is 2.53. The molecule has 4 aliphatic rings. The lowest BCUT2D eigenvalue weighted by Gasteiger charge is -2.53. The van der Waals surface area contributed by atoms with E-state index in [0.29, 0.717) is 12.3 Å². The Labute approximate surface area is 164 Å². The summed E-state index contributed by atoms with van der Waals surface area (Å²) in [6, 6.07) is 8.27. The largest absolute Gasteiger partial charge is 0.469 e. The van der Waals surface area contributed by atoms with Crippen LogP contribution in [0.2, 0.25) is 0 Å². The van der Waals surface area contributed by atoms with Crippen LogP contribution in [0.4, 0.5) is 5.69 Å². The molecule has 0 bridgehead atoms. The molecule has 1 aromatic rings. The molecule has 0 aromatic heterocycles. The Morgan fingerprint density at radius 3 is 3.00 bits per heavy atom. The summed E-state index contributed by atoms with van der Waals surface area (Å²) in [6.07, 6.45) is 2.69. The standard InChI is InChI=1S/C21H25ClN2O3/c1-27-20(26)18-13-10-16-19-21(22,14-4-2-3-5-15(14)23-19)8-9-24(16)11-12(13)6-7-17(18)25/h2-5,12-13,16-18,25H,6-11H2,1H3/t12-,13-,16-,17-,18+,21+/m0/s1. The summed E-state index contributed by atoms with van der Waals surface area (Å²) in [5.74, 6) is -0.184. The molecule has 27 heavy (non-hydrogen) atoms. The van der Waals surface area contributed by atoms with E-state index >= 15 is 0 Å². The number of para-hydroxylation sites is 1. The smallest absolute Gasteiger partial charge is 0.311 e. The van der Waals surface area contributed by atoms with Crippen molar-refractivity contribution in [2.75, 3.05) is 20.2 Å². The van der Waals surface area contributed by atoms with Crippen molar-refractivity contribution in [2.24, 2.45) is 22.7 Å². The van der Waals surface area contributed by atoms with E-state index in [1.807, 2.05) is 18.2 Å². The first-order valence-corrected chi connectivity index (χ1v) is 10.3. The number of fused-ring (bicyclic) bond motifs is 6. The van der Waals surface area contributed by atoms with Crippen molar-refractivity contribution in [3.63, 3.8) is 0 Å². The molecule has 0 spiro atoms. The van der Waals surface area contributed by atoms with Gasteiger partial charge in [-0.3, -0.25) is 14.7 Å². The minimum absolute atomic E-state index is 0.118. The molecular weight excluding hydrogens is 364 g/mol. The van der Waals surface area contributed by atoms with Gasteiger partial charge in [-0.05, 0) is 43.6 Å². The Kier molecular flexibility index (Phi) is 4.12. The average molecular weight is 389 g/mol. The predicted octanol–water partition coefficient (Wildman–Crippen LogP) is 2.86. The number of nitrogens with zero attached hydrogens (tertiary/aromatic N) is 2. The number of rotatable bonds is 1. The van der Waals surface area contributed by atoms with Gasteiger partial charge in [-0.2, -0.15) is 0 Å². The molecule has 0 unspecified atom stereocenters. The molecule has 1 N–H and O–H groups in total. The molecule has 6 atom stereocenters. The molecule has 3 heterocycles. The van der Waals surface area contributed by atoms with E-state index in [1.165, 1.54) is 7.11 Å². The fourth-order valence-electron chi connectivity index (χ4n) is 5.92. The molecule has 2 saturated heterocycles. The normalized spacial score (nSPS) is 40.3. The first-order valence-electron chi connectivity index (χ1n) is 9.90. The van der Waals surface area contributed by atoms with Gasteiger partial charge in [0.1, 0.15) is 4.87 Å². The number of alkyl halides is 1. The Balaban J connectivity index is 1.50. The van der Waals surface area contributed by atoms with Crippen LogP contribution in [0, 0.1) is 17.8 Å². The molecule has 1 aromatic carbocycles. The van der Waals surface area contributed by atoms with Crippen LogP contribution in [0.15, 0.2) is 29.3 Å². The van der Waals surface area contributed by atoms with Gasteiger partial charge in [-0.15, -0.1) is 11.6 Å². The van der Waals surface area contributed by atoms with Gasteiger partial charge in [-0.25, -0.2) is 0 Å². The van der Waals surface area contributed by atoms with Gasteiger partial charge in [0.2, 0.25) is 0 Å². The number of carbonyl (C=O) groups is 1. The highest BCUT2D eigenvalue weighted by atomic mass is 35.5. The monoisotopic (exact) mass is 388 g/mol. The van der Waals surface area contributed by atoms with Crippen molar-refractivity contribution in [1.82, 2.24) is 4.90 Å². The molecule has 6 heteroatoms. The molecule has 3 aliphatic heterocycles. The quantitative estimate of drug-likeness (QED) is 0.593. The summed E-state index contributed by atoms with van der Waals surface area (Å²) in [4.78, 5) is 19.3. The summed E-state index contributed by atoms with van der Waals surface area (Å²) in [6.45, 7) is 1.88. The maximum atomic E-state index is 12.4. The summed E-state index contributed by atoms with van der Waals surface area (Å²) in [5, 5.41) is 10.5. The zero-order valence-electron chi connectivity index (χ0n) is 15.5. The molecule has 5 rings (SSSR count). The second-order valence-corrected chi connectivity index (χ2v) is 9.07. The Hall–Kier alpha value is -1.43. The molecule has 5 nitrogen and oxygen atoms in total. The minimum Gasteiger partial charge on any atom is -0.469 e. The number of hydrogen-bond acceptors (Lipinski definition) is 5. The first-order chi connectivity index (χ1) is 13.0. The van der Waals surface area contributed by atoms with Crippen molar-refractivity contribution >= 4 is 29.0 Å². The van der Waals surface area contributed by atoms with Crippen molar-refractivity contribution in [3.05, 3.63) is 29.8 Å². The van der Waals surface area contributed by atoms with Crippen LogP contribution in [0.3, 0.4) is 0 Å². The van der Waals surface area contributed by atoms with Gasteiger partial charge >= 0.3 is 5.97 Å². The first kappa shape index (κ1) is 17.7. The summed E-state index contributed by atoms with van der Waals surface area (Å²) < 4.78 is 5.03. The van der Waals surface area contributed by atoms with Crippen LogP contribution < -0.4 is 0 Å². The van der Waals surface area contributed by atoms with Gasteiger partial charge in [0.15, 0.2) is 0 Å². The van der Waals surface area contributed by atoms with E-state index in [4.69, 9.17) is 21.3 Å². The second-order valence-electron chi connectivity index (χ2n) is 8.43. The number of carbonyl (C=O) groups excluding carboxylic acids is 1. The van der Waals surface area contributed by atoms with Crippen molar-refractivity contribution < 1.29 is 14.6 Å². The SMILES string of the molecule is COC(=O)[C@@H]1[C@H]2C[C@H]3C4=Nc5ccccc5[C@]4(Cl)CCN3C[C@@H]2CC[C@@H]1O.